The predicted octanol–water partition coefficient (Wildman–Crippen LogP) is 1.60. The molecule has 3 N–H and O–H groups in total. The highest BCUT2D eigenvalue weighted by atomic mass is 16.7. The van der Waals surface area contributed by atoms with Crippen LogP contribution in [-0.4, -0.2) is 50.2 Å². The van der Waals surface area contributed by atoms with Crippen molar-refractivity contribution in [1.29, 1.82) is 0 Å². The third-order valence-electron chi connectivity index (χ3n) is 5.09. The van der Waals surface area contributed by atoms with Gasteiger partial charge in [0, 0.05) is 18.2 Å². The quantitative estimate of drug-likeness (QED) is 0.832. The second-order valence-electron chi connectivity index (χ2n) is 6.90. The summed E-state index contributed by atoms with van der Waals surface area (Å²) >= 11 is 0. The van der Waals surface area contributed by atoms with Gasteiger partial charge in [-0.05, 0) is 12.1 Å². The predicted molar refractivity (Wildman–Crippen MR) is 101 cm³/mol. The summed E-state index contributed by atoms with van der Waals surface area (Å²) in [5, 5.41) is 2.94. The smallest absolute Gasteiger partial charge is 0.251 e. The first-order chi connectivity index (χ1) is 13.7. The van der Waals surface area contributed by atoms with Crippen molar-refractivity contribution in [3.05, 3.63) is 71.8 Å². The van der Waals surface area contributed by atoms with Gasteiger partial charge in [-0.15, -0.1) is 0 Å². The normalized spacial score (nSPS) is 32.4. The van der Waals surface area contributed by atoms with Crippen molar-refractivity contribution in [2.75, 3.05) is 13.7 Å². The molecule has 0 aliphatic carbocycles. The van der Waals surface area contributed by atoms with Crippen molar-refractivity contribution in [1.82, 2.24) is 5.32 Å². The van der Waals surface area contributed by atoms with Gasteiger partial charge in [0.05, 0.1) is 18.7 Å². The first-order valence-electron chi connectivity index (χ1n) is 9.29. The average molecular weight is 384 g/mol. The summed E-state index contributed by atoms with van der Waals surface area (Å²) in [7, 11) is 1.52. The van der Waals surface area contributed by atoms with Crippen LogP contribution in [0.25, 0.3) is 0 Å². The van der Waals surface area contributed by atoms with Crippen LogP contribution < -0.4 is 11.1 Å². The Labute approximate surface area is 163 Å². The molecule has 0 bridgehead atoms. The standard InChI is InChI=1S/C21H24N2O5/c1-25-21-17(23-19(24)13-8-4-2-5-9-13)16(22)18-15(27-21)12-26-20(28-18)14-10-6-3-7-11-14/h2-11,15-18,20-21H,12,22H2,1H3,(H,23,24)/t15-,16-,17-,18-,20?,21-/m0/s1. The molecule has 2 aromatic rings. The summed E-state index contributed by atoms with van der Waals surface area (Å²) in [6.07, 6.45) is -2.03. The Hall–Kier alpha value is -2.29. The zero-order valence-corrected chi connectivity index (χ0v) is 15.6. The summed E-state index contributed by atoms with van der Waals surface area (Å²) in [5.74, 6) is -0.239. The summed E-state index contributed by atoms with van der Waals surface area (Å²) in [5.41, 5.74) is 7.96. The molecule has 4 rings (SSSR count). The first-order valence-corrected chi connectivity index (χ1v) is 9.29. The molecule has 6 atom stereocenters. The molecule has 1 unspecified atom stereocenters. The molecule has 2 fully saturated rings. The summed E-state index contributed by atoms with van der Waals surface area (Å²) in [4.78, 5) is 12.6. The number of nitrogens with two attached hydrogens (primary N) is 1. The highest BCUT2D eigenvalue weighted by Crippen LogP contribution is 2.33. The van der Waals surface area contributed by atoms with Gasteiger partial charge in [-0.2, -0.15) is 0 Å². The number of rotatable bonds is 4. The lowest BCUT2D eigenvalue weighted by molar-refractivity contribution is -0.322. The molecule has 2 aliphatic heterocycles. The number of nitrogens with one attached hydrogen (secondary N) is 1. The van der Waals surface area contributed by atoms with Gasteiger partial charge < -0.3 is 30.0 Å². The Morgan fingerprint density at radius 3 is 2.43 bits per heavy atom. The molecule has 28 heavy (non-hydrogen) atoms. The maximum absolute atomic E-state index is 12.6. The number of methoxy groups -OCH3 is 1. The van der Waals surface area contributed by atoms with Gasteiger partial charge in [-0.3, -0.25) is 4.79 Å². The molecule has 148 valence electrons. The average Bonchev–Trinajstić information content (AvgIpc) is 2.76. The van der Waals surface area contributed by atoms with Crippen LogP contribution in [0.15, 0.2) is 60.7 Å². The van der Waals surface area contributed by atoms with E-state index in [2.05, 4.69) is 5.32 Å². The van der Waals surface area contributed by atoms with Crippen molar-refractivity contribution in [2.24, 2.45) is 5.73 Å². The number of fused-ring (bicyclic) bond motifs is 1. The lowest BCUT2D eigenvalue weighted by atomic mass is 9.93. The van der Waals surface area contributed by atoms with E-state index < -0.39 is 30.8 Å². The number of ether oxygens (including phenoxy) is 4. The van der Waals surface area contributed by atoms with E-state index in [0.29, 0.717) is 12.2 Å². The Kier molecular flexibility index (Phi) is 5.70. The van der Waals surface area contributed by atoms with E-state index in [1.165, 1.54) is 7.11 Å². The topological polar surface area (TPSA) is 92.0 Å². The van der Waals surface area contributed by atoms with Crippen molar-refractivity contribution in [2.45, 2.75) is 36.9 Å². The molecule has 0 spiro atoms. The van der Waals surface area contributed by atoms with Gasteiger partial charge in [0.25, 0.3) is 5.91 Å². The molecular formula is C21H24N2O5. The number of carbonyl (C=O) groups excluding carboxylic acids is 1. The molecule has 2 heterocycles. The number of amides is 1. The largest absolute Gasteiger partial charge is 0.354 e. The molecule has 7 nitrogen and oxygen atoms in total. The zero-order valence-electron chi connectivity index (χ0n) is 15.6. The van der Waals surface area contributed by atoms with E-state index in [1.54, 1.807) is 12.1 Å². The molecule has 2 aliphatic rings. The highest BCUT2D eigenvalue weighted by Gasteiger charge is 2.49. The SMILES string of the molecule is CO[C@H]1O[C@H]2COC(c3ccccc3)O[C@@H]2[C@@H](N)[C@@H]1NC(=O)c1ccccc1. The Bertz CT molecular complexity index is 788. The van der Waals surface area contributed by atoms with Gasteiger partial charge in [0.1, 0.15) is 12.2 Å². The molecule has 1 amide bonds. The molecule has 0 radical (unpaired) electrons. The van der Waals surface area contributed by atoms with Crippen molar-refractivity contribution < 1.29 is 23.7 Å². The fourth-order valence-corrected chi connectivity index (χ4v) is 3.62. The van der Waals surface area contributed by atoms with Gasteiger partial charge in [-0.1, -0.05) is 48.5 Å². The maximum Gasteiger partial charge on any atom is 0.251 e. The number of hydrogen-bond donors (Lipinski definition) is 2. The lowest BCUT2D eigenvalue weighted by Crippen LogP contribution is -2.69. The van der Waals surface area contributed by atoms with E-state index in [9.17, 15) is 4.79 Å². The van der Waals surface area contributed by atoms with E-state index >= 15 is 0 Å². The van der Waals surface area contributed by atoms with Gasteiger partial charge in [0.15, 0.2) is 12.6 Å². The van der Waals surface area contributed by atoms with Crippen LogP contribution in [0.3, 0.4) is 0 Å². The van der Waals surface area contributed by atoms with Crippen molar-refractivity contribution in [3.8, 4) is 0 Å². The minimum absolute atomic E-state index is 0.239. The Morgan fingerprint density at radius 1 is 1.07 bits per heavy atom. The fraction of sp³-hybridized carbons (Fsp3) is 0.381. The molecule has 2 aromatic carbocycles. The van der Waals surface area contributed by atoms with E-state index in [1.807, 2.05) is 48.5 Å². The monoisotopic (exact) mass is 384 g/mol. The van der Waals surface area contributed by atoms with Crippen LogP contribution in [0.1, 0.15) is 22.2 Å². The number of benzene rings is 2. The number of hydrogen-bond acceptors (Lipinski definition) is 6. The van der Waals surface area contributed by atoms with Crippen LogP contribution in [0, 0.1) is 0 Å². The van der Waals surface area contributed by atoms with Crippen LogP contribution in [0.2, 0.25) is 0 Å². The van der Waals surface area contributed by atoms with Gasteiger partial charge in [-0.25, -0.2) is 0 Å². The van der Waals surface area contributed by atoms with Crippen molar-refractivity contribution in [3.63, 3.8) is 0 Å². The second kappa shape index (κ2) is 8.38. The third kappa shape index (κ3) is 3.80. The van der Waals surface area contributed by atoms with E-state index in [4.69, 9.17) is 24.7 Å². The zero-order chi connectivity index (χ0) is 19.5. The maximum atomic E-state index is 12.6. The van der Waals surface area contributed by atoms with Gasteiger partial charge in [0.2, 0.25) is 0 Å². The Balaban J connectivity index is 1.50. The molecular weight excluding hydrogens is 360 g/mol. The summed E-state index contributed by atoms with van der Waals surface area (Å²) < 4.78 is 23.4. The molecule has 7 heteroatoms. The van der Waals surface area contributed by atoms with E-state index in [-0.39, 0.29) is 12.0 Å². The fourth-order valence-electron chi connectivity index (χ4n) is 3.62. The Morgan fingerprint density at radius 2 is 1.75 bits per heavy atom. The number of carbonyl (C=O) groups is 1. The minimum Gasteiger partial charge on any atom is -0.354 e. The van der Waals surface area contributed by atoms with Gasteiger partial charge >= 0.3 is 0 Å². The summed E-state index contributed by atoms with van der Waals surface area (Å²) in [6.45, 7) is 0.330. The first kappa shape index (κ1) is 19.0. The summed E-state index contributed by atoms with van der Waals surface area (Å²) in [6, 6.07) is 17.5. The lowest BCUT2D eigenvalue weighted by Gasteiger charge is -2.48. The third-order valence-corrected chi connectivity index (χ3v) is 5.09. The highest BCUT2D eigenvalue weighted by molar-refractivity contribution is 5.94. The molecule has 0 saturated carbocycles. The van der Waals surface area contributed by atoms with E-state index in [0.717, 1.165) is 5.56 Å². The van der Waals surface area contributed by atoms with Crippen LogP contribution in [0.5, 0.6) is 0 Å². The van der Waals surface area contributed by atoms with Crippen LogP contribution in [0.4, 0.5) is 0 Å². The minimum atomic E-state index is -0.690. The van der Waals surface area contributed by atoms with Crippen LogP contribution in [-0.2, 0) is 18.9 Å². The van der Waals surface area contributed by atoms with Crippen molar-refractivity contribution >= 4 is 5.91 Å². The van der Waals surface area contributed by atoms with Crippen LogP contribution >= 0.6 is 0 Å². The molecule has 0 aromatic heterocycles. The molecule has 2 saturated heterocycles. The second-order valence-corrected chi connectivity index (χ2v) is 6.90.